The molecule has 0 aliphatic rings. The lowest BCUT2D eigenvalue weighted by atomic mass is 10.1. The second kappa shape index (κ2) is 7.63. The summed E-state index contributed by atoms with van der Waals surface area (Å²) in [4.78, 5) is 12.1. The highest BCUT2D eigenvalue weighted by Crippen LogP contribution is 2.22. The molecular formula is C14H21NO4. The molecule has 1 unspecified atom stereocenters. The lowest BCUT2D eigenvalue weighted by Crippen LogP contribution is -2.37. The summed E-state index contributed by atoms with van der Waals surface area (Å²) < 4.78 is 15.3. The Labute approximate surface area is 113 Å². The maximum Gasteiger partial charge on any atom is 0.251 e. The zero-order valence-corrected chi connectivity index (χ0v) is 11.9. The van der Waals surface area contributed by atoms with Crippen LogP contribution in [-0.2, 0) is 4.74 Å². The van der Waals surface area contributed by atoms with Gasteiger partial charge in [0.15, 0.2) is 0 Å². The van der Waals surface area contributed by atoms with Crippen LogP contribution in [0.15, 0.2) is 18.2 Å². The van der Waals surface area contributed by atoms with E-state index < -0.39 is 0 Å². The van der Waals surface area contributed by atoms with Crippen molar-refractivity contribution in [3.63, 3.8) is 0 Å². The number of carbonyl (C=O) groups excluding carboxylic acids is 1. The van der Waals surface area contributed by atoms with E-state index >= 15 is 0 Å². The average Bonchev–Trinajstić information content (AvgIpc) is 2.45. The Balaban J connectivity index is 2.86. The van der Waals surface area contributed by atoms with Crippen LogP contribution >= 0.6 is 0 Å². The number of methoxy groups -OCH3 is 3. The minimum Gasteiger partial charge on any atom is -0.497 e. The molecule has 1 amide bonds. The van der Waals surface area contributed by atoms with Gasteiger partial charge in [-0.1, -0.05) is 6.92 Å². The van der Waals surface area contributed by atoms with E-state index in [4.69, 9.17) is 14.2 Å². The molecule has 5 nitrogen and oxygen atoms in total. The zero-order chi connectivity index (χ0) is 14.3. The van der Waals surface area contributed by atoms with Crippen LogP contribution < -0.4 is 14.8 Å². The standard InChI is InChI=1S/C14H21NO4/c1-5-11(9-17-2)15-14(16)10-6-12(18-3)8-13(7-10)19-4/h6-8,11H,5,9H2,1-4H3,(H,15,16). The number of carbonyl (C=O) groups is 1. The van der Waals surface area contributed by atoms with Crippen molar-refractivity contribution < 1.29 is 19.0 Å². The largest absolute Gasteiger partial charge is 0.497 e. The Morgan fingerprint density at radius 2 is 1.74 bits per heavy atom. The highest BCUT2D eigenvalue weighted by Gasteiger charge is 2.14. The summed E-state index contributed by atoms with van der Waals surface area (Å²) in [6, 6.07) is 5.08. The van der Waals surface area contributed by atoms with Crippen LogP contribution in [0.1, 0.15) is 23.7 Å². The summed E-state index contributed by atoms with van der Waals surface area (Å²) >= 11 is 0. The van der Waals surface area contributed by atoms with E-state index in [9.17, 15) is 4.79 Å². The van der Waals surface area contributed by atoms with E-state index in [0.717, 1.165) is 6.42 Å². The van der Waals surface area contributed by atoms with Crippen molar-refractivity contribution in [2.45, 2.75) is 19.4 Å². The zero-order valence-electron chi connectivity index (χ0n) is 11.9. The van der Waals surface area contributed by atoms with Gasteiger partial charge in [-0.2, -0.15) is 0 Å². The predicted molar refractivity (Wildman–Crippen MR) is 73.0 cm³/mol. The van der Waals surface area contributed by atoms with Crippen molar-refractivity contribution in [2.24, 2.45) is 0 Å². The number of nitrogens with one attached hydrogen (secondary N) is 1. The van der Waals surface area contributed by atoms with Crippen molar-refractivity contribution in [1.29, 1.82) is 0 Å². The maximum absolute atomic E-state index is 12.1. The van der Waals surface area contributed by atoms with Crippen molar-refractivity contribution in [3.05, 3.63) is 23.8 Å². The SMILES string of the molecule is CCC(COC)NC(=O)c1cc(OC)cc(OC)c1. The molecule has 1 aromatic rings. The van der Waals surface area contributed by atoms with E-state index in [1.165, 1.54) is 0 Å². The predicted octanol–water partition coefficient (Wildman–Crippen LogP) is 1.86. The molecule has 1 aromatic carbocycles. The number of amides is 1. The molecule has 0 bridgehead atoms. The molecule has 0 radical (unpaired) electrons. The molecule has 0 saturated carbocycles. The monoisotopic (exact) mass is 267 g/mol. The van der Waals surface area contributed by atoms with Gasteiger partial charge in [0.2, 0.25) is 0 Å². The Morgan fingerprint density at radius 1 is 1.16 bits per heavy atom. The molecule has 0 saturated heterocycles. The lowest BCUT2D eigenvalue weighted by molar-refractivity contribution is 0.0894. The molecule has 0 heterocycles. The van der Waals surface area contributed by atoms with E-state index in [1.807, 2.05) is 6.92 Å². The molecule has 19 heavy (non-hydrogen) atoms. The van der Waals surface area contributed by atoms with Gasteiger partial charge >= 0.3 is 0 Å². The fourth-order valence-corrected chi connectivity index (χ4v) is 1.67. The first-order valence-electron chi connectivity index (χ1n) is 6.17. The van der Waals surface area contributed by atoms with Gasteiger partial charge in [-0.25, -0.2) is 0 Å². The minimum atomic E-state index is -0.166. The molecular weight excluding hydrogens is 246 g/mol. The second-order valence-electron chi connectivity index (χ2n) is 4.14. The van der Waals surface area contributed by atoms with Crippen LogP contribution in [0.2, 0.25) is 0 Å². The first-order chi connectivity index (χ1) is 9.14. The smallest absolute Gasteiger partial charge is 0.251 e. The minimum absolute atomic E-state index is 0.00491. The third-order valence-corrected chi connectivity index (χ3v) is 2.81. The van der Waals surface area contributed by atoms with Crippen molar-refractivity contribution in [3.8, 4) is 11.5 Å². The normalized spacial score (nSPS) is 11.8. The van der Waals surface area contributed by atoms with E-state index in [2.05, 4.69) is 5.32 Å². The van der Waals surface area contributed by atoms with E-state index in [-0.39, 0.29) is 11.9 Å². The van der Waals surface area contributed by atoms with Gasteiger partial charge in [0.1, 0.15) is 11.5 Å². The number of hydrogen-bond acceptors (Lipinski definition) is 4. The Bertz CT molecular complexity index is 398. The average molecular weight is 267 g/mol. The third kappa shape index (κ3) is 4.44. The van der Waals surface area contributed by atoms with Crippen molar-refractivity contribution in [2.75, 3.05) is 27.9 Å². The van der Waals surface area contributed by atoms with Crippen LogP contribution in [0.3, 0.4) is 0 Å². The Hall–Kier alpha value is -1.75. The topological polar surface area (TPSA) is 56.8 Å². The number of ether oxygens (including phenoxy) is 3. The molecule has 0 fully saturated rings. The summed E-state index contributed by atoms with van der Waals surface area (Å²) in [5.41, 5.74) is 0.505. The summed E-state index contributed by atoms with van der Waals surface area (Å²) in [6.07, 6.45) is 0.806. The summed E-state index contributed by atoms with van der Waals surface area (Å²) in [5, 5.41) is 2.91. The summed E-state index contributed by atoms with van der Waals surface area (Å²) in [7, 11) is 4.72. The highest BCUT2D eigenvalue weighted by atomic mass is 16.5. The molecule has 1 N–H and O–H groups in total. The fraction of sp³-hybridized carbons (Fsp3) is 0.500. The molecule has 0 aliphatic carbocycles. The van der Waals surface area contributed by atoms with Gasteiger partial charge in [-0.15, -0.1) is 0 Å². The van der Waals surface area contributed by atoms with Crippen LogP contribution in [0.5, 0.6) is 11.5 Å². The first-order valence-corrected chi connectivity index (χ1v) is 6.17. The molecule has 0 aromatic heterocycles. The number of rotatable bonds is 7. The molecule has 0 spiro atoms. The van der Waals surface area contributed by atoms with Gasteiger partial charge in [-0.05, 0) is 18.6 Å². The van der Waals surface area contributed by atoms with Gasteiger partial charge < -0.3 is 19.5 Å². The number of benzene rings is 1. The molecule has 1 atom stereocenters. The van der Waals surface area contributed by atoms with Gasteiger partial charge in [0.05, 0.1) is 26.9 Å². The van der Waals surface area contributed by atoms with Crippen LogP contribution in [0.25, 0.3) is 0 Å². The quantitative estimate of drug-likeness (QED) is 0.819. The Morgan fingerprint density at radius 3 is 2.16 bits per heavy atom. The molecule has 106 valence electrons. The maximum atomic E-state index is 12.1. The van der Waals surface area contributed by atoms with Gasteiger partial charge in [0.25, 0.3) is 5.91 Å². The van der Waals surface area contributed by atoms with Gasteiger partial charge in [0, 0.05) is 18.7 Å². The molecule has 0 aliphatic heterocycles. The van der Waals surface area contributed by atoms with Crippen molar-refractivity contribution >= 4 is 5.91 Å². The fourth-order valence-electron chi connectivity index (χ4n) is 1.67. The summed E-state index contributed by atoms with van der Waals surface area (Å²) in [5.74, 6) is 1.01. The first kappa shape index (κ1) is 15.3. The van der Waals surface area contributed by atoms with Crippen LogP contribution in [-0.4, -0.2) is 39.9 Å². The van der Waals surface area contributed by atoms with Crippen molar-refractivity contribution in [1.82, 2.24) is 5.32 Å². The third-order valence-electron chi connectivity index (χ3n) is 2.81. The Kier molecular flexibility index (Phi) is 6.15. The number of hydrogen-bond donors (Lipinski definition) is 1. The molecule has 1 rings (SSSR count). The van der Waals surface area contributed by atoms with E-state index in [0.29, 0.717) is 23.7 Å². The van der Waals surface area contributed by atoms with Gasteiger partial charge in [-0.3, -0.25) is 4.79 Å². The lowest BCUT2D eigenvalue weighted by Gasteiger charge is -2.16. The highest BCUT2D eigenvalue weighted by molar-refractivity contribution is 5.95. The van der Waals surface area contributed by atoms with E-state index in [1.54, 1.807) is 39.5 Å². The van der Waals surface area contributed by atoms with Crippen LogP contribution in [0, 0.1) is 0 Å². The second-order valence-corrected chi connectivity index (χ2v) is 4.14. The summed E-state index contributed by atoms with van der Waals surface area (Å²) in [6.45, 7) is 2.49. The molecule has 5 heteroatoms. The van der Waals surface area contributed by atoms with Crippen LogP contribution in [0.4, 0.5) is 0 Å².